The Kier molecular flexibility index (Phi) is 5.78. The molecular weight excluding hydrogens is 336 g/mol. The quantitative estimate of drug-likeness (QED) is 0.618. The molecule has 0 radical (unpaired) electrons. The third kappa shape index (κ3) is 3.99. The zero-order chi connectivity index (χ0) is 18.7. The number of piperidine rings is 1. The summed E-state index contributed by atoms with van der Waals surface area (Å²) in [7, 11) is 0. The molecule has 3 aliphatic heterocycles. The zero-order valence-corrected chi connectivity index (χ0v) is 15.5. The van der Waals surface area contributed by atoms with Gasteiger partial charge >= 0.3 is 11.8 Å². The van der Waals surface area contributed by atoms with Gasteiger partial charge in [-0.05, 0) is 32.1 Å². The fraction of sp³-hybridized carbons (Fsp3) is 0.778. The fourth-order valence-corrected chi connectivity index (χ4v) is 4.08. The van der Waals surface area contributed by atoms with E-state index < -0.39 is 11.8 Å². The van der Waals surface area contributed by atoms with Crippen LogP contribution in [0.1, 0.15) is 32.6 Å². The lowest BCUT2D eigenvalue weighted by Gasteiger charge is -2.37. The third-order valence-corrected chi connectivity index (χ3v) is 5.63. The molecule has 26 heavy (non-hydrogen) atoms. The van der Waals surface area contributed by atoms with Gasteiger partial charge in [-0.3, -0.25) is 19.2 Å². The van der Waals surface area contributed by atoms with Gasteiger partial charge in [-0.25, -0.2) is 0 Å². The molecule has 8 heteroatoms. The molecule has 3 heterocycles. The van der Waals surface area contributed by atoms with E-state index in [4.69, 9.17) is 0 Å². The molecule has 3 fully saturated rings. The maximum Gasteiger partial charge on any atom is 0.312 e. The molecule has 0 aromatic rings. The van der Waals surface area contributed by atoms with Crippen molar-refractivity contribution in [2.24, 2.45) is 5.92 Å². The van der Waals surface area contributed by atoms with Crippen molar-refractivity contribution in [2.75, 3.05) is 52.4 Å². The minimum absolute atomic E-state index is 0.0303. The highest BCUT2D eigenvalue weighted by Crippen LogP contribution is 2.21. The Morgan fingerprint density at radius 2 is 1.69 bits per heavy atom. The number of piperazine rings is 1. The summed E-state index contributed by atoms with van der Waals surface area (Å²) in [4.78, 5) is 55.2. The average Bonchev–Trinajstić information content (AvgIpc) is 3.04. The molecule has 0 aliphatic carbocycles. The van der Waals surface area contributed by atoms with E-state index in [9.17, 15) is 19.2 Å². The van der Waals surface area contributed by atoms with Crippen molar-refractivity contribution in [3.8, 4) is 0 Å². The number of hydrogen-bond acceptors (Lipinski definition) is 4. The van der Waals surface area contributed by atoms with Gasteiger partial charge < -0.3 is 19.6 Å². The maximum atomic E-state index is 12.6. The molecule has 8 nitrogen and oxygen atoms in total. The summed E-state index contributed by atoms with van der Waals surface area (Å²) in [6.45, 7) is 6.05. The van der Waals surface area contributed by atoms with E-state index in [0.717, 1.165) is 32.4 Å². The van der Waals surface area contributed by atoms with Gasteiger partial charge in [0.25, 0.3) is 0 Å². The number of carbonyl (C=O) groups excluding carboxylic acids is 4. The van der Waals surface area contributed by atoms with Gasteiger partial charge in [-0.1, -0.05) is 0 Å². The van der Waals surface area contributed by atoms with Crippen LogP contribution in [0.15, 0.2) is 0 Å². The number of rotatable bonds is 5. The Morgan fingerprint density at radius 1 is 0.962 bits per heavy atom. The van der Waals surface area contributed by atoms with Crippen LogP contribution in [0.5, 0.6) is 0 Å². The molecule has 0 aromatic carbocycles. The minimum Gasteiger partial charge on any atom is -0.342 e. The summed E-state index contributed by atoms with van der Waals surface area (Å²) < 4.78 is 0. The Labute approximate surface area is 154 Å². The Bertz CT molecular complexity index is 594. The Balaban J connectivity index is 1.52. The van der Waals surface area contributed by atoms with Crippen molar-refractivity contribution in [1.29, 1.82) is 0 Å². The summed E-state index contributed by atoms with van der Waals surface area (Å²) in [5, 5.41) is 0. The van der Waals surface area contributed by atoms with Crippen LogP contribution in [0.2, 0.25) is 0 Å². The fourth-order valence-electron chi connectivity index (χ4n) is 4.08. The number of nitrogens with zero attached hydrogens (tertiary/aromatic N) is 4. The second-order valence-electron chi connectivity index (χ2n) is 7.40. The molecule has 3 aliphatic rings. The smallest absolute Gasteiger partial charge is 0.312 e. The Hall–Kier alpha value is -2.12. The first-order valence-corrected chi connectivity index (χ1v) is 9.63. The highest BCUT2D eigenvalue weighted by molar-refractivity contribution is 6.35. The van der Waals surface area contributed by atoms with Gasteiger partial charge in [0.2, 0.25) is 11.8 Å². The van der Waals surface area contributed by atoms with E-state index in [0.29, 0.717) is 45.1 Å². The summed E-state index contributed by atoms with van der Waals surface area (Å²) >= 11 is 0. The number of likely N-dealkylation sites (tertiary alicyclic amines) is 2. The SMILES string of the molecule is CCN1CCN(CC(=O)N2CCC[C@@H](CN3CCCC3=O)C2)C(=O)C1=O. The topological polar surface area (TPSA) is 81.2 Å². The van der Waals surface area contributed by atoms with Crippen LogP contribution in [-0.4, -0.2) is 95.6 Å². The van der Waals surface area contributed by atoms with Gasteiger partial charge in [-0.15, -0.1) is 0 Å². The minimum atomic E-state index is -0.581. The molecule has 144 valence electrons. The normalized spacial score (nSPS) is 24.7. The summed E-state index contributed by atoms with van der Waals surface area (Å²) in [6.07, 6.45) is 3.48. The predicted molar refractivity (Wildman–Crippen MR) is 94.0 cm³/mol. The van der Waals surface area contributed by atoms with E-state index in [-0.39, 0.29) is 18.4 Å². The van der Waals surface area contributed by atoms with E-state index in [1.807, 2.05) is 11.8 Å². The van der Waals surface area contributed by atoms with E-state index >= 15 is 0 Å². The third-order valence-electron chi connectivity index (χ3n) is 5.63. The van der Waals surface area contributed by atoms with Gasteiger partial charge in [0.1, 0.15) is 6.54 Å². The van der Waals surface area contributed by atoms with Crippen molar-refractivity contribution in [3.63, 3.8) is 0 Å². The monoisotopic (exact) mass is 364 g/mol. The predicted octanol–water partition coefficient (Wildman–Crippen LogP) is -0.462. The number of amides is 4. The van der Waals surface area contributed by atoms with Gasteiger partial charge in [0.15, 0.2) is 0 Å². The van der Waals surface area contributed by atoms with Crippen LogP contribution in [0.4, 0.5) is 0 Å². The van der Waals surface area contributed by atoms with Crippen molar-refractivity contribution in [1.82, 2.24) is 19.6 Å². The summed E-state index contributed by atoms with van der Waals surface area (Å²) in [5.74, 6) is -0.692. The molecule has 0 aromatic heterocycles. The molecule has 3 rings (SSSR count). The van der Waals surface area contributed by atoms with E-state index in [1.54, 1.807) is 4.90 Å². The molecule has 0 bridgehead atoms. The second kappa shape index (κ2) is 8.05. The summed E-state index contributed by atoms with van der Waals surface area (Å²) in [6, 6.07) is 0. The lowest BCUT2D eigenvalue weighted by molar-refractivity contribution is -0.157. The van der Waals surface area contributed by atoms with Gasteiger partial charge in [0, 0.05) is 52.2 Å². The highest BCUT2D eigenvalue weighted by atomic mass is 16.2. The zero-order valence-electron chi connectivity index (χ0n) is 15.5. The molecule has 0 saturated carbocycles. The molecule has 1 atom stereocenters. The molecule has 0 spiro atoms. The van der Waals surface area contributed by atoms with Crippen LogP contribution < -0.4 is 0 Å². The lowest BCUT2D eigenvalue weighted by Crippen LogP contribution is -2.57. The molecule has 0 unspecified atom stereocenters. The maximum absolute atomic E-state index is 12.6. The van der Waals surface area contributed by atoms with Gasteiger partial charge in [0.05, 0.1) is 0 Å². The number of likely N-dealkylation sites (N-methyl/N-ethyl adjacent to an activating group) is 1. The highest BCUT2D eigenvalue weighted by Gasteiger charge is 2.34. The molecule has 3 saturated heterocycles. The van der Waals surface area contributed by atoms with E-state index in [2.05, 4.69) is 0 Å². The number of carbonyl (C=O) groups is 4. The molecule has 0 N–H and O–H groups in total. The average molecular weight is 364 g/mol. The van der Waals surface area contributed by atoms with Crippen LogP contribution in [0, 0.1) is 5.92 Å². The lowest BCUT2D eigenvalue weighted by atomic mass is 9.97. The Morgan fingerprint density at radius 3 is 2.38 bits per heavy atom. The first-order chi connectivity index (χ1) is 12.5. The molecular formula is C18H28N4O4. The van der Waals surface area contributed by atoms with Crippen molar-refractivity contribution in [2.45, 2.75) is 32.6 Å². The van der Waals surface area contributed by atoms with E-state index in [1.165, 1.54) is 9.80 Å². The van der Waals surface area contributed by atoms with Crippen LogP contribution in [0.25, 0.3) is 0 Å². The van der Waals surface area contributed by atoms with Crippen LogP contribution >= 0.6 is 0 Å². The first-order valence-electron chi connectivity index (χ1n) is 9.63. The van der Waals surface area contributed by atoms with Gasteiger partial charge in [-0.2, -0.15) is 0 Å². The first kappa shape index (κ1) is 18.7. The second-order valence-corrected chi connectivity index (χ2v) is 7.40. The largest absolute Gasteiger partial charge is 0.342 e. The molecule has 4 amide bonds. The summed E-state index contributed by atoms with van der Waals surface area (Å²) in [5.41, 5.74) is 0. The van der Waals surface area contributed by atoms with Crippen molar-refractivity contribution < 1.29 is 19.2 Å². The van der Waals surface area contributed by atoms with Crippen LogP contribution in [0.3, 0.4) is 0 Å². The van der Waals surface area contributed by atoms with Crippen molar-refractivity contribution in [3.05, 3.63) is 0 Å². The van der Waals surface area contributed by atoms with Crippen molar-refractivity contribution >= 4 is 23.6 Å². The number of hydrogen-bond donors (Lipinski definition) is 0. The standard InChI is InChI=1S/C18H28N4O4/c1-2-19-9-10-22(18(26)17(19)25)13-16(24)21-7-3-5-14(12-21)11-20-8-4-6-15(20)23/h14H,2-13H2,1H3/t14-/m0/s1. The van der Waals surface area contributed by atoms with Crippen LogP contribution in [-0.2, 0) is 19.2 Å².